The van der Waals surface area contributed by atoms with Gasteiger partial charge in [-0.25, -0.2) is 0 Å². The van der Waals surface area contributed by atoms with Gasteiger partial charge in [0.05, 0.1) is 24.5 Å². The van der Waals surface area contributed by atoms with Gasteiger partial charge in [-0.05, 0) is 36.4 Å². The SMILES string of the molecule is CNC(=O)C1CN(CC(=O)Nc2ccccc2Oc2ccccc2)c2ccccc2O1. The number of nitrogens with zero attached hydrogens (tertiary/aromatic N) is 1. The van der Waals surface area contributed by atoms with Crippen molar-refractivity contribution in [3.63, 3.8) is 0 Å². The Balaban J connectivity index is 1.49. The summed E-state index contributed by atoms with van der Waals surface area (Å²) in [4.78, 5) is 26.9. The summed E-state index contributed by atoms with van der Waals surface area (Å²) in [6, 6.07) is 24.0. The monoisotopic (exact) mass is 417 g/mol. The van der Waals surface area contributed by atoms with E-state index in [0.29, 0.717) is 22.9 Å². The molecule has 2 N–H and O–H groups in total. The first-order chi connectivity index (χ1) is 15.1. The van der Waals surface area contributed by atoms with Gasteiger partial charge in [0.15, 0.2) is 11.9 Å². The topological polar surface area (TPSA) is 79.9 Å². The summed E-state index contributed by atoms with van der Waals surface area (Å²) >= 11 is 0. The predicted octanol–water partition coefficient (Wildman–Crippen LogP) is 3.43. The minimum Gasteiger partial charge on any atom is -0.477 e. The third-order valence-electron chi connectivity index (χ3n) is 4.87. The molecule has 0 saturated heterocycles. The van der Waals surface area contributed by atoms with Gasteiger partial charge >= 0.3 is 0 Å². The zero-order chi connectivity index (χ0) is 21.6. The van der Waals surface area contributed by atoms with Gasteiger partial charge in [0.1, 0.15) is 11.5 Å². The number of carbonyl (C=O) groups is 2. The van der Waals surface area contributed by atoms with Crippen LogP contribution in [-0.4, -0.2) is 38.1 Å². The number of likely N-dealkylation sites (N-methyl/N-ethyl adjacent to an activating group) is 1. The van der Waals surface area contributed by atoms with Crippen molar-refractivity contribution in [3.8, 4) is 17.2 Å². The first-order valence-electron chi connectivity index (χ1n) is 9.98. The maximum atomic E-state index is 12.9. The van der Waals surface area contributed by atoms with Crippen molar-refractivity contribution in [1.82, 2.24) is 5.32 Å². The van der Waals surface area contributed by atoms with E-state index in [4.69, 9.17) is 9.47 Å². The standard InChI is InChI=1S/C24H23N3O4/c1-25-24(29)22-15-27(19-12-6-8-14-21(19)31-22)16-23(28)26-18-11-5-7-13-20(18)30-17-9-3-2-4-10-17/h2-14,22H,15-16H2,1H3,(H,25,29)(H,26,28). The third-order valence-corrected chi connectivity index (χ3v) is 4.87. The molecule has 1 atom stereocenters. The Labute approximate surface area is 180 Å². The van der Waals surface area contributed by atoms with Gasteiger partial charge in [-0.15, -0.1) is 0 Å². The second kappa shape index (κ2) is 9.21. The van der Waals surface area contributed by atoms with Gasteiger partial charge in [0.25, 0.3) is 5.91 Å². The summed E-state index contributed by atoms with van der Waals surface area (Å²) in [6.45, 7) is 0.333. The van der Waals surface area contributed by atoms with Crippen LogP contribution in [-0.2, 0) is 9.59 Å². The van der Waals surface area contributed by atoms with Crippen LogP contribution in [0.3, 0.4) is 0 Å². The van der Waals surface area contributed by atoms with Crippen LogP contribution < -0.4 is 25.0 Å². The fourth-order valence-electron chi connectivity index (χ4n) is 3.39. The van der Waals surface area contributed by atoms with Gasteiger partial charge in [-0.1, -0.05) is 42.5 Å². The van der Waals surface area contributed by atoms with Crippen molar-refractivity contribution < 1.29 is 19.1 Å². The summed E-state index contributed by atoms with van der Waals surface area (Å²) in [7, 11) is 1.56. The molecule has 1 aliphatic rings. The summed E-state index contributed by atoms with van der Waals surface area (Å²) < 4.78 is 11.7. The summed E-state index contributed by atoms with van der Waals surface area (Å²) in [5.41, 5.74) is 1.34. The Morgan fingerprint density at radius 1 is 1.00 bits per heavy atom. The number of ether oxygens (including phenoxy) is 2. The lowest BCUT2D eigenvalue weighted by Gasteiger charge is -2.35. The highest BCUT2D eigenvalue weighted by Gasteiger charge is 2.31. The van der Waals surface area contributed by atoms with E-state index in [1.807, 2.05) is 65.6 Å². The number of nitrogens with one attached hydrogen (secondary N) is 2. The largest absolute Gasteiger partial charge is 0.477 e. The van der Waals surface area contributed by atoms with E-state index in [2.05, 4.69) is 10.6 Å². The van der Waals surface area contributed by atoms with Crippen molar-refractivity contribution in [3.05, 3.63) is 78.9 Å². The van der Waals surface area contributed by atoms with Gasteiger partial charge in [-0.2, -0.15) is 0 Å². The molecule has 7 nitrogen and oxygen atoms in total. The molecule has 0 fully saturated rings. The Morgan fingerprint density at radius 2 is 1.71 bits per heavy atom. The highest BCUT2D eigenvalue weighted by atomic mass is 16.5. The summed E-state index contributed by atoms with van der Waals surface area (Å²) in [6.07, 6.45) is -0.693. The average Bonchev–Trinajstić information content (AvgIpc) is 2.80. The zero-order valence-electron chi connectivity index (χ0n) is 17.1. The van der Waals surface area contributed by atoms with Crippen LogP contribution >= 0.6 is 0 Å². The fraction of sp³-hybridized carbons (Fsp3) is 0.167. The normalized spacial score (nSPS) is 14.7. The lowest BCUT2D eigenvalue weighted by molar-refractivity contribution is -0.127. The molecule has 31 heavy (non-hydrogen) atoms. The Bertz CT molecular complexity index is 1070. The molecule has 2 amide bonds. The number of fused-ring (bicyclic) bond motifs is 1. The highest BCUT2D eigenvalue weighted by Crippen LogP contribution is 2.33. The Morgan fingerprint density at radius 3 is 2.52 bits per heavy atom. The van der Waals surface area contributed by atoms with Crippen LogP contribution in [0, 0.1) is 0 Å². The molecule has 1 unspecified atom stereocenters. The molecule has 0 saturated carbocycles. The number of anilines is 2. The molecule has 0 aromatic heterocycles. The molecule has 0 aliphatic carbocycles. The lowest BCUT2D eigenvalue weighted by atomic mass is 10.1. The van der Waals surface area contributed by atoms with E-state index >= 15 is 0 Å². The van der Waals surface area contributed by atoms with Gasteiger partial charge in [-0.3, -0.25) is 9.59 Å². The van der Waals surface area contributed by atoms with E-state index in [-0.39, 0.29) is 24.9 Å². The molecular formula is C24H23N3O4. The molecule has 0 bridgehead atoms. The first-order valence-corrected chi connectivity index (χ1v) is 9.98. The van der Waals surface area contributed by atoms with Crippen molar-refractivity contribution in [2.24, 2.45) is 0 Å². The molecule has 1 aliphatic heterocycles. The Kier molecular flexibility index (Phi) is 6.03. The van der Waals surface area contributed by atoms with Crippen LogP contribution in [0.1, 0.15) is 0 Å². The maximum Gasteiger partial charge on any atom is 0.262 e. The molecule has 0 radical (unpaired) electrons. The highest BCUT2D eigenvalue weighted by molar-refractivity contribution is 5.96. The minimum absolute atomic E-state index is 0.0630. The number of rotatable bonds is 6. The zero-order valence-corrected chi connectivity index (χ0v) is 17.1. The second-order valence-electron chi connectivity index (χ2n) is 7.03. The molecule has 3 aromatic carbocycles. The molecular weight excluding hydrogens is 394 g/mol. The summed E-state index contributed by atoms with van der Waals surface area (Å²) in [5, 5.41) is 5.52. The number of hydrogen-bond acceptors (Lipinski definition) is 5. The van der Waals surface area contributed by atoms with E-state index in [0.717, 1.165) is 5.69 Å². The van der Waals surface area contributed by atoms with Gasteiger partial charge in [0, 0.05) is 7.05 Å². The average molecular weight is 417 g/mol. The number of carbonyl (C=O) groups excluding carboxylic acids is 2. The number of hydrogen-bond donors (Lipinski definition) is 2. The van der Waals surface area contributed by atoms with Crippen LogP contribution in [0.5, 0.6) is 17.2 Å². The van der Waals surface area contributed by atoms with Crippen molar-refractivity contribution in [2.45, 2.75) is 6.10 Å². The quantitative estimate of drug-likeness (QED) is 0.642. The van der Waals surface area contributed by atoms with Gasteiger partial charge in [0.2, 0.25) is 5.91 Å². The van der Waals surface area contributed by atoms with Crippen molar-refractivity contribution in [2.75, 3.05) is 30.4 Å². The Hall–Kier alpha value is -4.00. The third kappa shape index (κ3) is 4.78. The minimum atomic E-state index is -0.693. The summed E-state index contributed by atoms with van der Waals surface area (Å²) in [5.74, 6) is 1.34. The van der Waals surface area contributed by atoms with Gasteiger partial charge < -0.3 is 25.0 Å². The number of amides is 2. The smallest absolute Gasteiger partial charge is 0.262 e. The van der Waals surface area contributed by atoms with Crippen molar-refractivity contribution in [1.29, 1.82) is 0 Å². The van der Waals surface area contributed by atoms with E-state index in [9.17, 15) is 9.59 Å². The molecule has 0 spiro atoms. The van der Waals surface area contributed by atoms with Crippen LogP contribution in [0.15, 0.2) is 78.9 Å². The van der Waals surface area contributed by atoms with E-state index in [1.54, 1.807) is 25.2 Å². The number of benzene rings is 3. The molecule has 4 rings (SSSR count). The predicted molar refractivity (Wildman–Crippen MR) is 119 cm³/mol. The van der Waals surface area contributed by atoms with Crippen LogP contribution in [0.2, 0.25) is 0 Å². The molecule has 1 heterocycles. The lowest BCUT2D eigenvalue weighted by Crippen LogP contribution is -2.50. The molecule has 3 aromatic rings. The fourth-order valence-corrected chi connectivity index (χ4v) is 3.39. The van der Waals surface area contributed by atoms with Crippen LogP contribution in [0.25, 0.3) is 0 Å². The van der Waals surface area contributed by atoms with Crippen molar-refractivity contribution >= 4 is 23.2 Å². The number of para-hydroxylation sites is 5. The van der Waals surface area contributed by atoms with Crippen LogP contribution in [0.4, 0.5) is 11.4 Å². The van der Waals surface area contributed by atoms with E-state index in [1.165, 1.54) is 0 Å². The second-order valence-corrected chi connectivity index (χ2v) is 7.03. The maximum absolute atomic E-state index is 12.9. The van der Waals surface area contributed by atoms with E-state index < -0.39 is 6.10 Å². The molecule has 158 valence electrons. The first kappa shape index (κ1) is 20.3. The molecule has 7 heteroatoms.